The predicted molar refractivity (Wildman–Crippen MR) is 109 cm³/mol. The number of hydrogen-bond acceptors (Lipinski definition) is 5. The van der Waals surface area contributed by atoms with E-state index < -0.39 is 5.91 Å². The van der Waals surface area contributed by atoms with Crippen LogP contribution in [0, 0.1) is 0 Å². The number of aromatic amines is 1. The molecule has 152 valence electrons. The molecule has 1 heterocycles. The van der Waals surface area contributed by atoms with E-state index in [1.54, 1.807) is 35.8 Å². The molecule has 0 aliphatic carbocycles. The minimum Gasteiger partial charge on any atom is -0.492 e. The molecule has 29 heavy (non-hydrogen) atoms. The Bertz CT molecular complexity index is 996. The van der Waals surface area contributed by atoms with Crippen molar-refractivity contribution in [1.29, 1.82) is 0 Å². The van der Waals surface area contributed by atoms with E-state index in [0.29, 0.717) is 24.4 Å². The van der Waals surface area contributed by atoms with Crippen molar-refractivity contribution < 1.29 is 19.5 Å². The van der Waals surface area contributed by atoms with Gasteiger partial charge in [0.25, 0.3) is 11.8 Å². The van der Waals surface area contributed by atoms with Gasteiger partial charge >= 0.3 is 0 Å². The standard InChI is InChI=1S/C21H24N4O4/c1-25(2)9-10-29-17-7-8-18-16(11-17)12-19(23-18)21(27)22-13-14-3-5-15(6-4-14)20(26)24-28/h3-8,11-12,23,28H,9-10,13H2,1-2H3,(H,22,27)(H,24,26). The lowest BCUT2D eigenvalue weighted by molar-refractivity contribution is 0.0706. The van der Waals surface area contributed by atoms with Crippen molar-refractivity contribution in [2.75, 3.05) is 27.2 Å². The number of aromatic nitrogens is 1. The smallest absolute Gasteiger partial charge is 0.274 e. The van der Waals surface area contributed by atoms with Crippen molar-refractivity contribution >= 4 is 22.7 Å². The van der Waals surface area contributed by atoms with Gasteiger partial charge in [-0.3, -0.25) is 14.8 Å². The Kier molecular flexibility index (Phi) is 6.48. The van der Waals surface area contributed by atoms with Crippen LogP contribution in [0.5, 0.6) is 5.75 Å². The molecule has 0 radical (unpaired) electrons. The lowest BCUT2D eigenvalue weighted by Crippen LogP contribution is -2.23. The molecule has 0 saturated carbocycles. The SMILES string of the molecule is CN(C)CCOc1ccc2[nH]c(C(=O)NCc3ccc(C(=O)NO)cc3)cc2c1. The maximum absolute atomic E-state index is 12.5. The number of hydrogen-bond donors (Lipinski definition) is 4. The second-order valence-electron chi connectivity index (χ2n) is 6.90. The van der Waals surface area contributed by atoms with Crippen LogP contribution in [0.3, 0.4) is 0 Å². The molecule has 1 aromatic heterocycles. The average Bonchev–Trinajstić information content (AvgIpc) is 3.15. The summed E-state index contributed by atoms with van der Waals surface area (Å²) >= 11 is 0. The second-order valence-corrected chi connectivity index (χ2v) is 6.90. The number of benzene rings is 2. The van der Waals surface area contributed by atoms with Gasteiger partial charge in [-0.2, -0.15) is 0 Å². The summed E-state index contributed by atoms with van der Waals surface area (Å²) in [5, 5.41) is 12.4. The third kappa shape index (κ3) is 5.34. The highest BCUT2D eigenvalue weighted by atomic mass is 16.5. The van der Waals surface area contributed by atoms with Crippen LogP contribution in [0.4, 0.5) is 0 Å². The van der Waals surface area contributed by atoms with Gasteiger partial charge in [0.2, 0.25) is 0 Å². The molecule has 4 N–H and O–H groups in total. The fraction of sp³-hybridized carbons (Fsp3) is 0.238. The van der Waals surface area contributed by atoms with E-state index in [-0.39, 0.29) is 5.91 Å². The molecule has 3 rings (SSSR count). The van der Waals surface area contributed by atoms with E-state index in [2.05, 4.69) is 10.3 Å². The number of nitrogens with one attached hydrogen (secondary N) is 3. The fourth-order valence-electron chi connectivity index (χ4n) is 2.78. The molecule has 0 unspecified atom stereocenters. The van der Waals surface area contributed by atoms with Crippen LogP contribution >= 0.6 is 0 Å². The zero-order chi connectivity index (χ0) is 20.8. The number of carbonyl (C=O) groups is 2. The molecule has 0 atom stereocenters. The molecule has 0 aliphatic rings. The lowest BCUT2D eigenvalue weighted by Gasteiger charge is -2.10. The van der Waals surface area contributed by atoms with Gasteiger partial charge in [-0.1, -0.05) is 12.1 Å². The van der Waals surface area contributed by atoms with Gasteiger partial charge < -0.3 is 19.9 Å². The number of nitrogens with zero attached hydrogens (tertiary/aromatic N) is 1. The Hall–Kier alpha value is -3.36. The van der Waals surface area contributed by atoms with E-state index in [9.17, 15) is 9.59 Å². The number of likely N-dealkylation sites (N-methyl/N-ethyl adjacent to an activating group) is 1. The van der Waals surface area contributed by atoms with Crippen molar-refractivity contribution in [2.45, 2.75) is 6.54 Å². The Morgan fingerprint density at radius 3 is 2.52 bits per heavy atom. The van der Waals surface area contributed by atoms with E-state index in [4.69, 9.17) is 9.94 Å². The molecule has 0 aliphatic heterocycles. The minimum absolute atomic E-state index is 0.228. The molecule has 3 aromatic rings. The number of H-pyrrole nitrogens is 1. The van der Waals surface area contributed by atoms with Crippen LogP contribution in [-0.2, 0) is 6.54 Å². The highest BCUT2D eigenvalue weighted by molar-refractivity contribution is 5.98. The van der Waals surface area contributed by atoms with Crippen LogP contribution in [0.25, 0.3) is 10.9 Å². The molecule has 0 saturated heterocycles. The Morgan fingerprint density at radius 1 is 1.07 bits per heavy atom. The summed E-state index contributed by atoms with van der Waals surface area (Å²) in [6.07, 6.45) is 0. The minimum atomic E-state index is -0.580. The first kappa shape index (κ1) is 20.4. The van der Waals surface area contributed by atoms with Gasteiger partial charge in [0.1, 0.15) is 18.1 Å². The van der Waals surface area contributed by atoms with Gasteiger partial charge in [0, 0.05) is 29.6 Å². The van der Waals surface area contributed by atoms with E-state index >= 15 is 0 Å². The van der Waals surface area contributed by atoms with E-state index in [1.807, 2.05) is 37.2 Å². The van der Waals surface area contributed by atoms with E-state index in [1.165, 1.54) is 0 Å². The van der Waals surface area contributed by atoms with E-state index in [0.717, 1.165) is 28.8 Å². The topological polar surface area (TPSA) is 107 Å². The number of carbonyl (C=O) groups excluding carboxylic acids is 2. The van der Waals surface area contributed by atoms with Crippen LogP contribution in [0.2, 0.25) is 0 Å². The molecule has 0 spiro atoms. The molecule has 0 fully saturated rings. The summed E-state index contributed by atoms with van der Waals surface area (Å²) in [7, 11) is 3.98. The first-order valence-corrected chi connectivity index (χ1v) is 9.18. The van der Waals surface area contributed by atoms with Crippen LogP contribution in [0.15, 0.2) is 48.5 Å². The molecular weight excluding hydrogens is 372 g/mol. The number of hydroxylamine groups is 1. The van der Waals surface area contributed by atoms with Crippen LogP contribution < -0.4 is 15.5 Å². The Morgan fingerprint density at radius 2 is 1.83 bits per heavy atom. The lowest BCUT2D eigenvalue weighted by atomic mass is 10.1. The Labute approximate surface area is 168 Å². The molecule has 8 nitrogen and oxygen atoms in total. The maximum Gasteiger partial charge on any atom is 0.274 e. The summed E-state index contributed by atoms with van der Waals surface area (Å²) in [6.45, 7) is 1.73. The number of rotatable bonds is 8. The van der Waals surface area contributed by atoms with Crippen LogP contribution in [0.1, 0.15) is 26.4 Å². The van der Waals surface area contributed by atoms with Crippen molar-refractivity contribution in [3.63, 3.8) is 0 Å². The number of ether oxygens (including phenoxy) is 1. The normalized spacial score (nSPS) is 10.9. The van der Waals surface area contributed by atoms with Gasteiger partial charge in [-0.05, 0) is 56.1 Å². The zero-order valence-corrected chi connectivity index (χ0v) is 16.4. The Balaban J connectivity index is 1.61. The van der Waals surface area contributed by atoms with Gasteiger partial charge in [0.05, 0.1) is 0 Å². The number of fused-ring (bicyclic) bond motifs is 1. The third-order valence-corrected chi connectivity index (χ3v) is 4.41. The molecule has 2 amide bonds. The summed E-state index contributed by atoms with van der Waals surface area (Å²) in [6, 6.07) is 14.0. The largest absolute Gasteiger partial charge is 0.492 e. The second kappa shape index (κ2) is 9.22. The summed E-state index contributed by atoms with van der Waals surface area (Å²) in [5.74, 6) is -0.0468. The fourth-order valence-corrected chi connectivity index (χ4v) is 2.78. The predicted octanol–water partition coefficient (Wildman–Crippen LogP) is 2.16. The molecule has 2 aromatic carbocycles. The van der Waals surface area contributed by atoms with Crippen molar-refractivity contribution in [2.24, 2.45) is 0 Å². The molecular formula is C21H24N4O4. The highest BCUT2D eigenvalue weighted by Gasteiger charge is 2.10. The quantitative estimate of drug-likeness (QED) is 0.345. The van der Waals surface area contributed by atoms with Gasteiger partial charge in [0.15, 0.2) is 0 Å². The first-order valence-electron chi connectivity index (χ1n) is 9.18. The summed E-state index contributed by atoms with van der Waals surface area (Å²) in [4.78, 5) is 28.9. The monoisotopic (exact) mass is 396 g/mol. The van der Waals surface area contributed by atoms with Crippen molar-refractivity contribution in [3.05, 3.63) is 65.4 Å². The highest BCUT2D eigenvalue weighted by Crippen LogP contribution is 2.22. The maximum atomic E-state index is 12.5. The average molecular weight is 396 g/mol. The summed E-state index contributed by atoms with van der Waals surface area (Å²) in [5.41, 5.74) is 4.07. The van der Waals surface area contributed by atoms with Crippen molar-refractivity contribution in [3.8, 4) is 5.75 Å². The van der Waals surface area contributed by atoms with Gasteiger partial charge in [-0.25, -0.2) is 5.48 Å². The third-order valence-electron chi connectivity index (χ3n) is 4.41. The van der Waals surface area contributed by atoms with Gasteiger partial charge in [-0.15, -0.1) is 0 Å². The van der Waals surface area contributed by atoms with Crippen LogP contribution in [-0.4, -0.2) is 54.2 Å². The first-order chi connectivity index (χ1) is 14.0. The van der Waals surface area contributed by atoms with Crippen molar-refractivity contribution in [1.82, 2.24) is 20.7 Å². The summed E-state index contributed by atoms with van der Waals surface area (Å²) < 4.78 is 5.73. The zero-order valence-electron chi connectivity index (χ0n) is 16.4. The molecule has 8 heteroatoms. The number of amides is 2. The molecule has 0 bridgehead atoms.